The number of pyridine rings is 1. The zero-order valence-corrected chi connectivity index (χ0v) is 28.2. The molecule has 0 aliphatic heterocycles. The van der Waals surface area contributed by atoms with Gasteiger partial charge in [-0.3, -0.25) is 0 Å². The number of fused-ring (bicyclic) bond motifs is 11. The number of hydrogen-bond acceptors (Lipinski definition) is 3. The second kappa shape index (κ2) is 11.3. The first-order chi connectivity index (χ1) is 25.1. The van der Waals surface area contributed by atoms with E-state index in [0.29, 0.717) is 10.3 Å². The average molecular weight is 672 g/mol. The maximum absolute atomic E-state index is 14.0. The van der Waals surface area contributed by atoms with Crippen LogP contribution in [0.2, 0.25) is 0 Å². The molecule has 1 heterocycles. The molecular weight excluding hydrogens is 643 g/mol. The first-order valence-electron chi connectivity index (χ1n) is 17.1. The number of benzene rings is 9. The van der Waals surface area contributed by atoms with E-state index >= 15 is 0 Å². The molecule has 240 valence electrons. The van der Waals surface area contributed by atoms with Gasteiger partial charge in [-0.15, -0.1) is 0 Å². The van der Waals surface area contributed by atoms with Gasteiger partial charge in [0.1, 0.15) is 0 Å². The predicted octanol–water partition coefficient (Wildman–Crippen LogP) is 12.2. The molecule has 0 atom stereocenters. The van der Waals surface area contributed by atoms with Crippen LogP contribution in [-0.4, -0.2) is 13.4 Å². The summed E-state index contributed by atoms with van der Waals surface area (Å²) in [6, 6.07) is 58.8. The van der Waals surface area contributed by atoms with Crippen LogP contribution in [0.1, 0.15) is 0 Å². The smallest absolute Gasteiger partial charge is 0.207 e. The molecule has 0 saturated heterocycles. The number of hydrogen-bond donors (Lipinski definition) is 0. The zero-order chi connectivity index (χ0) is 34.1. The molecule has 0 radical (unpaired) electrons. The number of nitrogens with zero attached hydrogens (tertiary/aromatic N) is 1. The van der Waals surface area contributed by atoms with Crippen LogP contribution in [0.25, 0.3) is 87.1 Å². The van der Waals surface area contributed by atoms with Crippen molar-refractivity contribution in [3.63, 3.8) is 0 Å². The Bertz CT molecular complexity index is 3140. The summed E-state index contributed by atoms with van der Waals surface area (Å²) in [6.07, 6.45) is 0. The predicted molar refractivity (Wildman–Crippen MR) is 212 cm³/mol. The second-order valence-corrected chi connectivity index (χ2v) is 14.9. The van der Waals surface area contributed by atoms with Gasteiger partial charge in [-0.05, 0) is 73.1 Å². The summed E-state index contributed by atoms with van der Waals surface area (Å²) < 4.78 is 27.9. The van der Waals surface area contributed by atoms with E-state index in [2.05, 4.69) is 103 Å². The molecule has 10 aromatic rings. The molecular formula is C47H29NO2S. The van der Waals surface area contributed by atoms with Crippen molar-refractivity contribution in [2.45, 2.75) is 9.79 Å². The molecule has 51 heavy (non-hydrogen) atoms. The summed E-state index contributed by atoms with van der Waals surface area (Å²) in [5.41, 5.74) is 4.85. The van der Waals surface area contributed by atoms with Crippen molar-refractivity contribution in [3.05, 3.63) is 176 Å². The van der Waals surface area contributed by atoms with E-state index < -0.39 is 9.84 Å². The van der Waals surface area contributed by atoms with Gasteiger partial charge in [-0.2, -0.15) is 0 Å². The van der Waals surface area contributed by atoms with E-state index in [-0.39, 0.29) is 4.90 Å². The SMILES string of the molecule is O=S(=O)(c1ccccc1)c1ccc(-c2cc3nc(-c4ccccc4)c4c5ccccc5c5ccccc5c4c3c3ccccc23)c2ccccc12. The van der Waals surface area contributed by atoms with Crippen LogP contribution < -0.4 is 0 Å². The van der Waals surface area contributed by atoms with Crippen molar-refractivity contribution in [1.29, 1.82) is 0 Å². The Labute approximate surface area is 295 Å². The Morgan fingerprint density at radius 3 is 1.47 bits per heavy atom. The summed E-state index contributed by atoms with van der Waals surface area (Å²) in [5.74, 6) is 0. The largest absolute Gasteiger partial charge is 0.247 e. The van der Waals surface area contributed by atoms with E-state index in [1.165, 1.54) is 26.9 Å². The Kier molecular flexibility index (Phi) is 6.57. The van der Waals surface area contributed by atoms with E-state index in [4.69, 9.17) is 4.98 Å². The fraction of sp³-hybridized carbons (Fsp3) is 0. The van der Waals surface area contributed by atoms with Gasteiger partial charge in [0.05, 0.1) is 21.0 Å². The average Bonchev–Trinajstić information content (AvgIpc) is 3.20. The fourth-order valence-corrected chi connectivity index (χ4v) is 9.51. The van der Waals surface area contributed by atoms with Crippen molar-refractivity contribution in [1.82, 2.24) is 4.98 Å². The van der Waals surface area contributed by atoms with Crippen molar-refractivity contribution >= 4 is 74.6 Å². The minimum Gasteiger partial charge on any atom is -0.247 e. The number of sulfone groups is 1. The van der Waals surface area contributed by atoms with Gasteiger partial charge in [-0.1, -0.05) is 152 Å². The Morgan fingerprint density at radius 1 is 0.373 bits per heavy atom. The zero-order valence-electron chi connectivity index (χ0n) is 27.4. The molecule has 0 aliphatic carbocycles. The van der Waals surface area contributed by atoms with E-state index in [9.17, 15) is 8.42 Å². The lowest BCUT2D eigenvalue weighted by atomic mass is 9.86. The minimum atomic E-state index is -3.75. The Morgan fingerprint density at radius 2 is 0.843 bits per heavy atom. The van der Waals surface area contributed by atoms with Crippen LogP contribution in [0, 0.1) is 0 Å². The van der Waals surface area contributed by atoms with Crippen molar-refractivity contribution in [3.8, 4) is 22.4 Å². The van der Waals surface area contributed by atoms with E-state index in [1.807, 2.05) is 42.5 Å². The van der Waals surface area contributed by atoms with Crippen molar-refractivity contribution in [2.24, 2.45) is 0 Å². The third kappa shape index (κ3) is 4.43. The summed E-state index contributed by atoms with van der Waals surface area (Å²) in [5, 5.41) is 12.0. The lowest BCUT2D eigenvalue weighted by molar-refractivity contribution is 0.597. The highest BCUT2D eigenvalue weighted by atomic mass is 32.2. The summed E-state index contributed by atoms with van der Waals surface area (Å²) in [6.45, 7) is 0. The third-order valence-electron chi connectivity index (χ3n) is 10.2. The van der Waals surface area contributed by atoms with E-state index in [0.717, 1.165) is 54.8 Å². The van der Waals surface area contributed by atoms with Crippen LogP contribution in [0.15, 0.2) is 186 Å². The van der Waals surface area contributed by atoms with Gasteiger partial charge in [-0.25, -0.2) is 13.4 Å². The van der Waals surface area contributed by atoms with Gasteiger partial charge in [0.25, 0.3) is 0 Å². The quantitative estimate of drug-likeness (QED) is 0.175. The molecule has 4 heteroatoms. The first-order valence-corrected chi connectivity index (χ1v) is 18.5. The molecule has 9 aromatic carbocycles. The molecule has 3 nitrogen and oxygen atoms in total. The van der Waals surface area contributed by atoms with Gasteiger partial charge in [0.15, 0.2) is 0 Å². The molecule has 0 unspecified atom stereocenters. The topological polar surface area (TPSA) is 47.0 Å². The van der Waals surface area contributed by atoms with Crippen LogP contribution in [0.5, 0.6) is 0 Å². The molecule has 0 amide bonds. The highest BCUT2D eigenvalue weighted by Crippen LogP contribution is 2.47. The van der Waals surface area contributed by atoms with Gasteiger partial charge >= 0.3 is 0 Å². The monoisotopic (exact) mass is 671 g/mol. The van der Waals surface area contributed by atoms with Crippen molar-refractivity contribution < 1.29 is 8.42 Å². The normalized spacial score (nSPS) is 12.1. The van der Waals surface area contributed by atoms with Crippen LogP contribution in [-0.2, 0) is 9.84 Å². The molecule has 0 saturated carbocycles. The minimum absolute atomic E-state index is 0.281. The molecule has 0 aliphatic rings. The van der Waals surface area contributed by atoms with Crippen molar-refractivity contribution in [2.75, 3.05) is 0 Å². The maximum Gasteiger partial charge on any atom is 0.207 e. The highest BCUT2D eigenvalue weighted by Gasteiger charge is 2.24. The molecule has 0 N–H and O–H groups in total. The lowest BCUT2D eigenvalue weighted by Crippen LogP contribution is -2.03. The number of aromatic nitrogens is 1. The molecule has 10 rings (SSSR count). The third-order valence-corrected chi connectivity index (χ3v) is 12.1. The highest BCUT2D eigenvalue weighted by molar-refractivity contribution is 7.91. The second-order valence-electron chi connectivity index (χ2n) is 13.0. The van der Waals surface area contributed by atoms with Crippen LogP contribution in [0.4, 0.5) is 0 Å². The molecule has 1 aromatic heterocycles. The maximum atomic E-state index is 14.0. The van der Waals surface area contributed by atoms with Gasteiger partial charge < -0.3 is 0 Å². The Hall–Kier alpha value is -6.36. The summed E-state index contributed by atoms with van der Waals surface area (Å²) in [4.78, 5) is 6.13. The lowest BCUT2D eigenvalue weighted by Gasteiger charge is -2.19. The molecule has 0 bridgehead atoms. The first kappa shape index (κ1) is 29.5. The van der Waals surface area contributed by atoms with Gasteiger partial charge in [0.2, 0.25) is 9.84 Å². The van der Waals surface area contributed by atoms with Gasteiger partial charge in [0, 0.05) is 27.1 Å². The molecule has 0 fully saturated rings. The Balaban J connectivity index is 1.37. The number of rotatable bonds is 4. The summed E-state index contributed by atoms with van der Waals surface area (Å²) in [7, 11) is -3.75. The van der Waals surface area contributed by atoms with Crippen LogP contribution >= 0.6 is 0 Å². The van der Waals surface area contributed by atoms with Crippen LogP contribution in [0.3, 0.4) is 0 Å². The van der Waals surface area contributed by atoms with E-state index in [1.54, 1.807) is 30.3 Å². The molecule has 0 spiro atoms. The fourth-order valence-electron chi connectivity index (χ4n) is 8.03. The summed E-state index contributed by atoms with van der Waals surface area (Å²) >= 11 is 0. The standard InChI is InChI=1S/C47H29NO2S/c49-51(50,31-17-5-2-6-18-31)43-28-27-36(32-19-7-11-23-37(32)43)41-29-42-44(38-24-12-10-22-35(38)41)45-39-25-13-8-20-33(39)34-21-9-14-26-40(34)46(45)47(48-42)30-15-3-1-4-16-30/h1-29H.